The fourth-order valence-corrected chi connectivity index (χ4v) is 8.01. The molecule has 2 unspecified atom stereocenters. The maximum absolute atomic E-state index is 12.2. The van der Waals surface area contributed by atoms with E-state index in [0.29, 0.717) is 0 Å². The van der Waals surface area contributed by atoms with Crippen molar-refractivity contribution >= 4 is 44.6 Å². The lowest BCUT2D eigenvalue weighted by molar-refractivity contribution is 0.288. The Balaban J connectivity index is 2.06. The number of hydrogen-bond acceptors (Lipinski definition) is 2. The number of alkyl halides is 3. The van der Waals surface area contributed by atoms with Gasteiger partial charge >= 0.3 is 0 Å². The van der Waals surface area contributed by atoms with Gasteiger partial charge in [-0.1, -0.05) is 48.1 Å². The van der Waals surface area contributed by atoms with Crippen molar-refractivity contribution in [3.8, 4) is 0 Å². The average molecular weight is 290 g/mol. The largest absolute Gasteiger partial charge is 0.293 e. The highest BCUT2D eigenvalue weighted by atomic mass is 35.6. The van der Waals surface area contributed by atoms with Crippen molar-refractivity contribution in [2.75, 3.05) is 0 Å². The summed E-state index contributed by atoms with van der Waals surface area (Å²) in [6, 6.07) is 0. The quantitative estimate of drug-likeness (QED) is 0.696. The van der Waals surface area contributed by atoms with E-state index in [4.69, 9.17) is 34.8 Å². The van der Waals surface area contributed by atoms with Crippen LogP contribution in [0.25, 0.3) is 0 Å². The molecular formula is C9H11Cl3O2S. The van der Waals surface area contributed by atoms with E-state index in [1.807, 2.05) is 6.92 Å². The third-order valence-corrected chi connectivity index (χ3v) is 9.23. The Morgan fingerprint density at radius 2 is 1.67 bits per heavy atom. The second-order valence-electron chi connectivity index (χ2n) is 5.06. The molecule has 0 radical (unpaired) electrons. The second kappa shape index (κ2) is 2.47. The normalized spacial score (nSPS) is 52.3. The molecular weight excluding hydrogens is 279 g/mol. The Hall–Kier alpha value is 0.820. The minimum atomic E-state index is -3.65. The molecule has 0 bridgehead atoms. The molecule has 0 aromatic rings. The molecule has 3 rings (SSSR count). The third kappa shape index (κ3) is 0.841. The van der Waals surface area contributed by atoms with Gasteiger partial charge in [0.05, 0.1) is 4.75 Å². The molecule has 2 nitrogen and oxygen atoms in total. The molecule has 3 fully saturated rings. The van der Waals surface area contributed by atoms with E-state index < -0.39 is 17.7 Å². The van der Waals surface area contributed by atoms with Crippen LogP contribution in [-0.2, 0) is 9.84 Å². The number of halogens is 3. The Kier molecular flexibility index (Phi) is 1.81. The van der Waals surface area contributed by atoms with E-state index in [0.717, 1.165) is 19.3 Å². The van der Waals surface area contributed by atoms with Crippen molar-refractivity contribution in [3.63, 3.8) is 0 Å². The van der Waals surface area contributed by atoms with Crippen LogP contribution in [0.3, 0.4) is 0 Å². The molecule has 6 heteroatoms. The molecule has 86 valence electrons. The summed E-state index contributed by atoms with van der Waals surface area (Å²) in [5.74, 6) is 0.480. The van der Waals surface area contributed by atoms with E-state index in [1.54, 1.807) is 0 Å². The highest BCUT2D eigenvalue weighted by Gasteiger charge is 3.01. The molecule has 3 aliphatic rings. The second-order valence-corrected chi connectivity index (χ2v) is 10.3. The maximum Gasteiger partial charge on any atom is 0.293 e. The van der Waals surface area contributed by atoms with Gasteiger partial charge in [-0.15, -0.1) is 0 Å². The zero-order valence-corrected chi connectivity index (χ0v) is 11.2. The average Bonchev–Trinajstić information content (AvgIpc) is 2.89. The smallest absolute Gasteiger partial charge is 0.224 e. The molecule has 15 heavy (non-hydrogen) atoms. The van der Waals surface area contributed by atoms with Gasteiger partial charge in [0.25, 0.3) is 3.12 Å². The van der Waals surface area contributed by atoms with Crippen molar-refractivity contribution < 1.29 is 8.42 Å². The summed E-state index contributed by atoms with van der Waals surface area (Å²) in [6.07, 6.45) is 3.04. The standard InChI is InChI=1S/C9H11Cl3O2S/c1-7-5-3-2-4-6(7)8(5,7)15(13,14)9(10,11)12/h5-6H,2-4H2,1H3. The topological polar surface area (TPSA) is 34.1 Å². The van der Waals surface area contributed by atoms with Gasteiger partial charge < -0.3 is 0 Å². The molecule has 0 heterocycles. The van der Waals surface area contributed by atoms with E-state index in [1.165, 1.54) is 0 Å². The minimum Gasteiger partial charge on any atom is -0.224 e. The lowest BCUT2D eigenvalue weighted by atomic mass is 9.83. The summed E-state index contributed by atoms with van der Waals surface area (Å²) in [5.41, 5.74) is -0.0754. The Morgan fingerprint density at radius 1 is 1.20 bits per heavy atom. The first-order valence-electron chi connectivity index (χ1n) is 5.03. The predicted molar refractivity (Wildman–Crippen MR) is 60.9 cm³/mol. The van der Waals surface area contributed by atoms with Gasteiger partial charge in [-0.25, -0.2) is 8.42 Å². The maximum atomic E-state index is 12.2. The summed E-state index contributed by atoms with van der Waals surface area (Å²) in [4.78, 5) is 0. The highest BCUT2D eigenvalue weighted by molar-refractivity contribution is 7.99. The molecule has 0 aliphatic heterocycles. The molecule has 3 saturated carbocycles. The fraction of sp³-hybridized carbons (Fsp3) is 1.00. The van der Waals surface area contributed by atoms with E-state index in [9.17, 15) is 8.42 Å². The summed E-state index contributed by atoms with van der Waals surface area (Å²) >= 11 is 16.8. The summed E-state index contributed by atoms with van der Waals surface area (Å²) in [6.45, 7) is 2.02. The third-order valence-electron chi connectivity index (χ3n) is 4.89. The zero-order valence-electron chi connectivity index (χ0n) is 8.13. The van der Waals surface area contributed by atoms with Crippen LogP contribution in [0.1, 0.15) is 26.2 Å². The van der Waals surface area contributed by atoms with Gasteiger partial charge in [-0.05, 0) is 30.1 Å². The van der Waals surface area contributed by atoms with Crippen molar-refractivity contribution in [2.24, 2.45) is 17.3 Å². The van der Waals surface area contributed by atoms with E-state index >= 15 is 0 Å². The summed E-state index contributed by atoms with van der Waals surface area (Å²) in [7, 11) is -3.65. The number of fused-ring (bicyclic) bond motifs is 2. The van der Waals surface area contributed by atoms with Gasteiger partial charge in [0, 0.05) is 0 Å². The SMILES string of the molecule is CC12C3CCCC1C32S(=O)(=O)C(Cl)(Cl)Cl. The molecule has 0 aromatic carbocycles. The predicted octanol–water partition coefficient (Wildman–Crippen LogP) is 2.92. The Bertz CT molecular complexity index is 425. The van der Waals surface area contributed by atoms with Crippen LogP contribution < -0.4 is 0 Å². The van der Waals surface area contributed by atoms with Gasteiger partial charge in [-0.3, -0.25) is 0 Å². The summed E-state index contributed by atoms with van der Waals surface area (Å²) < 4.78 is 21.6. The fourth-order valence-electron chi connectivity index (χ4n) is 4.26. The first-order valence-corrected chi connectivity index (χ1v) is 7.65. The van der Waals surface area contributed by atoms with Crippen LogP contribution in [0, 0.1) is 17.3 Å². The minimum absolute atomic E-state index is 0.0754. The highest BCUT2D eigenvalue weighted by Crippen LogP contribution is 2.95. The van der Waals surface area contributed by atoms with Crippen LogP contribution in [0.4, 0.5) is 0 Å². The number of hydrogen-bond donors (Lipinski definition) is 0. The summed E-state index contributed by atoms with van der Waals surface area (Å²) in [5, 5.41) is 0. The van der Waals surface area contributed by atoms with Crippen molar-refractivity contribution in [3.05, 3.63) is 0 Å². The van der Waals surface area contributed by atoms with Crippen LogP contribution in [-0.4, -0.2) is 16.3 Å². The lowest BCUT2D eigenvalue weighted by Crippen LogP contribution is -2.35. The molecule has 0 spiro atoms. The molecule has 3 aliphatic carbocycles. The number of sulfone groups is 1. The Morgan fingerprint density at radius 3 is 2.00 bits per heavy atom. The van der Waals surface area contributed by atoms with Crippen LogP contribution in [0.15, 0.2) is 0 Å². The lowest BCUT2D eigenvalue weighted by Gasteiger charge is -2.28. The first kappa shape index (κ1) is 10.9. The van der Waals surface area contributed by atoms with E-state index in [-0.39, 0.29) is 17.3 Å². The van der Waals surface area contributed by atoms with Gasteiger partial charge in [0.1, 0.15) is 0 Å². The van der Waals surface area contributed by atoms with Gasteiger partial charge in [-0.2, -0.15) is 0 Å². The van der Waals surface area contributed by atoms with E-state index in [2.05, 4.69) is 0 Å². The van der Waals surface area contributed by atoms with Crippen molar-refractivity contribution in [1.82, 2.24) is 0 Å². The van der Waals surface area contributed by atoms with Crippen LogP contribution >= 0.6 is 34.8 Å². The zero-order chi connectivity index (χ0) is 11.3. The Labute approximate surface area is 104 Å². The molecule has 0 saturated heterocycles. The monoisotopic (exact) mass is 288 g/mol. The van der Waals surface area contributed by atoms with Crippen LogP contribution in [0.5, 0.6) is 0 Å². The van der Waals surface area contributed by atoms with Crippen LogP contribution in [0.2, 0.25) is 0 Å². The number of rotatable bonds is 1. The van der Waals surface area contributed by atoms with Crippen molar-refractivity contribution in [2.45, 2.75) is 34.1 Å². The molecule has 0 amide bonds. The molecule has 0 N–H and O–H groups in total. The van der Waals surface area contributed by atoms with Gasteiger partial charge in [0.2, 0.25) is 9.84 Å². The van der Waals surface area contributed by atoms with Gasteiger partial charge in [0.15, 0.2) is 0 Å². The molecule has 0 aromatic heterocycles. The molecule has 2 atom stereocenters. The van der Waals surface area contributed by atoms with Crippen molar-refractivity contribution in [1.29, 1.82) is 0 Å². The first-order chi connectivity index (χ1) is 6.72.